The Morgan fingerprint density at radius 1 is 1.18 bits per heavy atom. The summed E-state index contributed by atoms with van der Waals surface area (Å²) < 4.78 is 11.3. The van der Waals surface area contributed by atoms with Crippen LogP contribution in [-0.4, -0.2) is 19.2 Å². The molecule has 0 aliphatic carbocycles. The molecule has 0 aliphatic heterocycles. The molecule has 2 aromatic rings. The van der Waals surface area contributed by atoms with E-state index in [9.17, 15) is 0 Å². The fraction of sp³-hybridized carbons (Fsp3) is 0.250. The summed E-state index contributed by atoms with van der Waals surface area (Å²) in [6.07, 6.45) is 2.77. The molecule has 0 aliphatic rings. The number of ether oxygens (including phenoxy) is 2. The molecule has 0 fully saturated rings. The van der Waals surface area contributed by atoms with E-state index in [1.54, 1.807) is 25.6 Å². The Morgan fingerprint density at radius 2 is 1.82 bits per heavy atom. The zero-order valence-electron chi connectivity index (χ0n) is 9.65. The molecule has 1 aromatic heterocycles. The van der Waals surface area contributed by atoms with Gasteiger partial charge < -0.3 is 14.5 Å². The van der Waals surface area contributed by atoms with Crippen molar-refractivity contribution < 1.29 is 9.47 Å². The maximum atomic E-state index is 5.24. The highest BCUT2D eigenvalue weighted by molar-refractivity contribution is 7.73. The molecule has 0 atom stereocenters. The van der Waals surface area contributed by atoms with Gasteiger partial charge in [0.15, 0.2) is 3.95 Å². The second-order valence-corrected chi connectivity index (χ2v) is 5.35. The summed E-state index contributed by atoms with van der Waals surface area (Å²) in [4.78, 5) is 4.22. The van der Waals surface area contributed by atoms with Crippen LogP contribution in [0.4, 0.5) is 0 Å². The summed E-state index contributed by atoms with van der Waals surface area (Å²) >= 11 is 6.65. The Balaban J connectivity index is 2.28. The molecule has 90 valence electrons. The lowest BCUT2D eigenvalue weighted by atomic mass is 10.1. The van der Waals surface area contributed by atoms with E-state index >= 15 is 0 Å². The number of hydrogen-bond acceptors (Lipinski definition) is 4. The summed E-state index contributed by atoms with van der Waals surface area (Å²) in [5, 5.41) is 0. The van der Waals surface area contributed by atoms with Gasteiger partial charge >= 0.3 is 0 Å². The van der Waals surface area contributed by atoms with Crippen LogP contribution in [0, 0.1) is 3.95 Å². The molecule has 1 N–H and O–H groups in total. The number of rotatable bonds is 4. The van der Waals surface area contributed by atoms with Gasteiger partial charge in [0.2, 0.25) is 0 Å². The van der Waals surface area contributed by atoms with Gasteiger partial charge in [-0.25, -0.2) is 0 Å². The van der Waals surface area contributed by atoms with Crippen LogP contribution in [-0.2, 0) is 6.42 Å². The minimum absolute atomic E-state index is 0.801. The van der Waals surface area contributed by atoms with E-state index in [2.05, 4.69) is 4.98 Å². The van der Waals surface area contributed by atoms with Crippen molar-refractivity contribution in [3.8, 4) is 11.5 Å². The molecule has 1 aromatic carbocycles. The van der Waals surface area contributed by atoms with Crippen molar-refractivity contribution >= 4 is 23.6 Å². The van der Waals surface area contributed by atoms with E-state index in [4.69, 9.17) is 21.7 Å². The lowest BCUT2D eigenvalue weighted by Crippen LogP contribution is -1.91. The van der Waals surface area contributed by atoms with Crippen LogP contribution in [0.15, 0.2) is 24.4 Å². The van der Waals surface area contributed by atoms with E-state index in [0.29, 0.717) is 0 Å². The first kappa shape index (κ1) is 12.1. The number of aromatic nitrogens is 1. The lowest BCUT2D eigenvalue weighted by Gasteiger charge is -2.07. The van der Waals surface area contributed by atoms with Gasteiger partial charge in [0.1, 0.15) is 11.5 Å². The molecule has 17 heavy (non-hydrogen) atoms. The molecule has 0 spiro atoms. The van der Waals surface area contributed by atoms with Crippen LogP contribution in [0.25, 0.3) is 0 Å². The van der Waals surface area contributed by atoms with Crippen molar-refractivity contribution in [2.75, 3.05) is 14.2 Å². The predicted molar refractivity (Wildman–Crippen MR) is 71.9 cm³/mol. The smallest absolute Gasteiger partial charge is 0.158 e. The molecule has 0 bridgehead atoms. The second-order valence-electron chi connectivity index (χ2n) is 3.54. The molecule has 0 saturated heterocycles. The molecule has 2 rings (SSSR count). The third-order valence-electron chi connectivity index (χ3n) is 2.36. The van der Waals surface area contributed by atoms with Gasteiger partial charge in [-0.3, -0.25) is 0 Å². The van der Waals surface area contributed by atoms with Crippen molar-refractivity contribution in [2.24, 2.45) is 0 Å². The number of methoxy groups -OCH3 is 2. The van der Waals surface area contributed by atoms with Crippen LogP contribution in [0.1, 0.15) is 10.4 Å². The van der Waals surface area contributed by atoms with E-state index in [-0.39, 0.29) is 0 Å². The molecule has 0 saturated carbocycles. The van der Waals surface area contributed by atoms with E-state index in [0.717, 1.165) is 27.4 Å². The van der Waals surface area contributed by atoms with Crippen molar-refractivity contribution in [2.45, 2.75) is 6.42 Å². The third-order valence-corrected chi connectivity index (χ3v) is 3.56. The zero-order chi connectivity index (χ0) is 12.3. The summed E-state index contributed by atoms with van der Waals surface area (Å²) in [7, 11) is 3.30. The summed E-state index contributed by atoms with van der Waals surface area (Å²) in [6, 6.07) is 5.87. The first-order valence-electron chi connectivity index (χ1n) is 5.10. The highest BCUT2D eigenvalue weighted by atomic mass is 32.1. The molecular weight excluding hydrogens is 254 g/mol. The molecule has 0 unspecified atom stereocenters. The zero-order valence-corrected chi connectivity index (χ0v) is 11.3. The number of H-pyrrole nitrogens is 1. The maximum absolute atomic E-state index is 5.24. The number of nitrogens with one attached hydrogen (secondary N) is 1. The maximum Gasteiger partial charge on any atom is 0.158 e. The van der Waals surface area contributed by atoms with Gasteiger partial charge in [-0.1, -0.05) is 0 Å². The van der Waals surface area contributed by atoms with Crippen LogP contribution in [0.5, 0.6) is 11.5 Å². The van der Waals surface area contributed by atoms with Gasteiger partial charge in [-0.2, -0.15) is 0 Å². The Bertz CT molecular complexity index is 537. The standard InChI is InChI=1S/C12H13NO2S2/c1-14-9-3-8(4-10(6-9)15-2)5-11-7-13-12(16)17-11/h3-4,6-7H,5H2,1-2H3,(H,13,16). The van der Waals surface area contributed by atoms with Crippen molar-refractivity contribution in [3.63, 3.8) is 0 Å². The van der Waals surface area contributed by atoms with Gasteiger partial charge in [-0.05, 0) is 29.9 Å². The van der Waals surface area contributed by atoms with E-state index in [1.807, 2.05) is 24.4 Å². The number of thiazole rings is 1. The highest BCUT2D eigenvalue weighted by Gasteiger charge is 2.04. The van der Waals surface area contributed by atoms with Crippen LogP contribution in [0.2, 0.25) is 0 Å². The quantitative estimate of drug-likeness (QED) is 0.862. The Morgan fingerprint density at radius 3 is 2.29 bits per heavy atom. The first-order chi connectivity index (χ1) is 8.21. The minimum Gasteiger partial charge on any atom is -0.497 e. The normalized spacial score (nSPS) is 10.2. The fourth-order valence-electron chi connectivity index (χ4n) is 1.57. The topological polar surface area (TPSA) is 34.2 Å². The van der Waals surface area contributed by atoms with Gasteiger partial charge in [0, 0.05) is 23.6 Å². The van der Waals surface area contributed by atoms with E-state index in [1.165, 1.54) is 4.88 Å². The average Bonchev–Trinajstić information content (AvgIpc) is 2.74. The second kappa shape index (κ2) is 5.33. The fourth-order valence-corrected chi connectivity index (χ4v) is 2.67. The number of hydrogen-bond donors (Lipinski definition) is 1. The molecule has 0 amide bonds. The van der Waals surface area contributed by atoms with Crippen LogP contribution < -0.4 is 9.47 Å². The van der Waals surface area contributed by atoms with Gasteiger partial charge in [-0.15, -0.1) is 11.3 Å². The summed E-state index contributed by atoms with van der Waals surface area (Å²) in [6.45, 7) is 0. The molecule has 3 nitrogen and oxygen atoms in total. The molecule has 1 heterocycles. The summed E-state index contributed by atoms with van der Waals surface area (Å²) in [5.74, 6) is 1.61. The van der Waals surface area contributed by atoms with Gasteiger partial charge in [0.05, 0.1) is 14.2 Å². The number of benzene rings is 1. The number of aromatic amines is 1. The monoisotopic (exact) mass is 267 g/mol. The first-order valence-corrected chi connectivity index (χ1v) is 6.33. The lowest BCUT2D eigenvalue weighted by molar-refractivity contribution is 0.393. The Kier molecular flexibility index (Phi) is 3.81. The highest BCUT2D eigenvalue weighted by Crippen LogP contribution is 2.25. The average molecular weight is 267 g/mol. The molecule has 5 heteroatoms. The Labute approximate surface area is 109 Å². The molecule has 0 radical (unpaired) electrons. The minimum atomic E-state index is 0.801. The van der Waals surface area contributed by atoms with E-state index < -0.39 is 0 Å². The van der Waals surface area contributed by atoms with Gasteiger partial charge in [0.25, 0.3) is 0 Å². The SMILES string of the molecule is COc1cc(Cc2c[nH]c(=S)s2)cc(OC)c1. The third kappa shape index (κ3) is 3.08. The van der Waals surface area contributed by atoms with Crippen molar-refractivity contribution in [1.29, 1.82) is 0 Å². The van der Waals surface area contributed by atoms with Crippen LogP contribution in [0.3, 0.4) is 0 Å². The van der Waals surface area contributed by atoms with Crippen molar-refractivity contribution in [1.82, 2.24) is 4.98 Å². The summed E-state index contributed by atoms with van der Waals surface area (Å²) in [5.41, 5.74) is 1.14. The van der Waals surface area contributed by atoms with Crippen molar-refractivity contribution in [3.05, 3.63) is 38.8 Å². The molecular formula is C12H13NO2S2. The predicted octanol–water partition coefficient (Wildman–Crippen LogP) is 3.41. The van der Waals surface area contributed by atoms with Crippen LogP contribution >= 0.6 is 23.6 Å². The largest absolute Gasteiger partial charge is 0.497 e. The Hall–Kier alpha value is -1.33.